The summed E-state index contributed by atoms with van der Waals surface area (Å²) in [5.41, 5.74) is 4.39. The molecular formula is C21H34O2Si. The Morgan fingerprint density at radius 3 is 2.50 bits per heavy atom. The van der Waals surface area contributed by atoms with Gasteiger partial charge in [0, 0.05) is 11.8 Å². The third-order valence-corrected chi connectivity index (χ3v) is 11.7. The van der Waals surface area contributed by atoms with Gasteiger partial charge in [-0.05, 0) is 69.7 Å². The molecule has 0 saturated heterocycles. The highest BCUT2D eigenvalue weighted by Crippen LogP contribution is 2.61. The van der Waals surface area contributed by atoms with Crippen molar-refractivity contribution in [2.24, 2.45) is 11.3 Å². The SMILES string of the molecule is CC(C)=C1CC[C@H]2CC3=CC(=O)C[C@@]3(C1)[C@@H]2O[Si](C)(C)C(C)(C)C. The zero-order valence-electron chi connectivity index (χ0n) is 16.6. The van der Waals surface area contributed by atoms with Crippen LogP contribution in [0, 0.1) is 11.3 Å². The van der Waals surface area contributed by atoms with Crippen LogP contribution in [-0.2, 0) is 9.22 Å². The fraction of sp³-hybridized carbons (Fsp3) is 0.762. The normalized spacial score (nSPS) is 33.4. The van der Waals surface area contributed by atoms with E-state index in [2.05, 4.69) is 47.7 Å². The highest BCUT2D eigenvalue weighted by molar-refractivity contribution is 6.74. The van der Waals surface area contributed by atoms with E-state index in [1.54, 1.807) is 5.57 Å². The van der Waals surface area contributed by atoms with E-state index in [9.17, 15) is 4.79 Å². The zero-order chi connectivity index (χ0) is 17.9. The van der Waals surface area contributed by atoms with Crippen molar-refractivity contribution in [3.8, 4) is 0 Å². The standard InChI is InChI=1S/C21H34O2Si/c1-14(2)16-9-8-15-10-17-11-18(22)13-21(17,12-16)19(15)23-24(6,7)20(3,4)5/h11,15,19H,8-10,12-13H2,1-7H3/t15-,19+,21+/m0/s1. The molecule has 3 aliphatic carbocycles. The first-order valence-electron chi connectivity index (χ1n) is 9.53. The lowest BCUT2D eigenvalue weighted by Gasteiger charge is -2.44. The molecule has 1 spiro atoms. The molecular weight excluding hydrogens is 312 g/mol. The van der Waals surface area contributed by atoms with Gasteiger partial charge in [0.05, 0.1) is 6.10 Å². The molecule has 134 valence electrons. The highest BCUT2D eigenvalue weighted by Gasteiger charge is 2.59. The van der Waals surface area contributed by atoms with Crippen molar-refractivity contribution < 1.29 is 9.22 Å². The quantitative estimate of drug-likeness (QED) is 0.466. The van der Waals surface area contributed by atoms with Gasteiger partial charge in [-0.1, -0.05) is 37.5 Å². The summed E-state index contributed by atoms with van der Waals surface area (Å²) in [6, 6.07) is 0. The molecule has 0 amide bonds. The van der Waals surface area contributed by atoms with Crippen molar-refractivity contribution in [2.75, 3.05) is 0 Å². The Hall–Kier alpha value is -0.673. The lowest BCUT2D eigenvalue weighted by Crippen LogP contribution is -2.49. The summed E-state index contributed by atoms with van der Waals surface area (Å²) in [5.74, 6) is 0.914. The molecule has 0 heterocycles. The predicted molar refractivity (Wildman–Crippen MR) is 103 cm³/mol. The molecule has 0 N–H and O–H groups in total. The van der Waals surface area contributed by atoms with Gasteiger partial charge in [0.25, 0.3) is 0 Å². The first kappa shape index (κ1) is 18.1. The van der Waals surface area contributed by atoms with Gasteiger partial charge in [0.15, 0.2) is 14.1 Å². The van der Waals surface area contributed by atoms with Crippen LogP contribution in [-0.4, -0.2) is 20.2 Å². The highest BCUT2D eigenvalue weighted by atomic mass is 28.4. The van der Waals surface area contributed by atoms with E-state index in [-0.39, 0.29) is 16.6 Å². The van der Waals surface area contributed by atoms with Crippen molar-refractivity contribution in [3.63, 3.8) is 0 Å². The Labute approximate surface area is 148 Å². The van der Waals surface area contributed by atoms with E-state index in [1.807, 2.05) is 6.08 Å². The van der Waals surface area contributed by atoms with E-state index in [4.69, 9.17) is 4.43 Å². The third kappa shape index (κ3) is 2.78. The molecule has 0 aromatic rings. The van der Waals surface area contributed by atoms with Gasteiger partial charge in [0.1, 0.15) is 0 Å². The Morgan fingerprint density at radius 1 is 1.25 bits per heavy atom. The maximum absolute atomic E-state index is 12.3. The maximum Gasteiger partial charge on any atom is 0.192 e. The van der Waals surface area contributed by atoms with Crippen LogP contribution in [0.3, 0.4) is 0 Å². The average Bonchev–Trinajstić information content (AvgIpc) is 2.77. The number of allylic oxidation sites excluding steroid dienone is 3. The molecule has 3 aliphatic rings. The molecule has 2 nitrogen and oxygen atoms in total. The monoisotopic (exact) mass is 346 g/mol. The smallest absolute Gasteiger partial charge is 0.192 e. The summed E-state index contributed by atoms with van der Waals surface area (Å²) in [7, 11) is -1.85. The Balaban J connectivity index is 2.02. The largest absolute Gasteiger partial charge is 0.413 e. The molecule has 2 bridgehead atoms. The predicted octanol–water partition coefficient (Wildman–Crippen LogP) is 5.80. The van der Waals surface area contributed by atoms with Crippen LogP contribution in [0.1, 0.15) is 66.7 Å². The van der Waals surface area contributed by atoms with Crippen LogP contribution in [0.25, 0.3) is 0 Å². The second-order valence-electron chi connectivity index (χ2n) is 10.1. The fourth-order valence-corrected chi connectivity index (χ4v) is 6.10. The van der Waals surface area contributed by atoms with Crippen molar-refractivity contribution in [1.82, 2.24) is 0 Å². The first-order valence-corrected chi connectivity index (χ1v) is 12.4. The number of carbonyl (C=O) groups is 1. The first-order chi connectivity index (χ1) is 11.0. The third-order valence-electron chi connectivity index (χ3n) is 7.20. The number of carbonyl (C=O) groups excluding carboxylic acids is 1. The van der Waals surface area contributed by atoms with Crippen molar-refractivity contribution in [3.05, 3.63) is 22.8 Å². The minimum atomic E-state index is -1.85. The van der Waals surface area contributed by atoms with Gasteiger partial charge < -0.3 is 4.43 Å². The topological polar surface area (TPSA) is 26.3 Å². The lowest BCUT2D eigenvalue weighted by atomic mass is 9.75. The van der Waals surface area contributed by atoms with Crippen molar-refractivity contribution in [2.45, 2.75) is 91.0 Å². The number of fused-ring (bicyclic) bond motifs is 1. The van der Waals surface area contributed by atoms with Crippen LogP contribution in [0.2, 0.25) is 18.1 Å². The summed E-state index contributed by atoms with van der Waals surface area (Å²) in [6.07, 6.45) is 7.42. The Morgan fingerprint density at radius 2 is 1.92 bits per heavy atom. The number of ketones is 1. The minimum absolute atomic E-state index is 0.0274. The molecule has 2 saturated carbocycles. The molecule has 2 fully saturated rings. The van der Waals surface area contributed by atoms with E-state index in [0.29, 0.717) is 18.1 Å². The van der Waals surface area contributed by atoms with Crippen LogP contribution in [0.4, 0.5) is 0 Å². The van der Waals surface area contributed by atoms with Crippen LogP contribution < -0.4 is 0 Å². The lowest BCUT2D eigenvalue weighted by molar-refractivity contribution is -0.116. The van der Waals surface area contributed by atoms with Gasteiger partial charge in [-0.3, -0.25) is 4.79 Å². The number of hydrogen-bond acceptors (Lipinski definition) is 2. The second-order valence-corrected chi connectivity index (χ2v) is 14.8. The summed E-state index contributed by atoms with van der Waals surface area (Å²) >= 11 is 0. The van der Waals surface area contributed by atoms with Crippen molar-refractivity contribution in [1.29, 1.82) is 0 Å². The van der Waals surface area contributed by atoms with Crippen LogP contribution >= 0.6 is 0 Å². The molecule has 0 radical (unpaired) electrons. The maximum atomic E-state index is 12.3. The molecule has 0 unspecified atom stereocenters. The molecule has 3 rings (SSSR count). The number of hydrogen-bond donors (Lipinski definition) is 0. The van der Waals surface area contributed by atoms with E-state index in [0.717, 1.165) is 12.8 Å². The van der Waals surface area contributed by atoms with E-state index in [1.165, 1.54) is 24.0 Å². The molecule has 0 aromatic carbocycles. The molecule has 0 aliphatic heterocycles. The summed E-state index contributed by atoms with van der Waals surface area (Å²) in [4.78, 5) is 12.3. The summed E-state index contributed by atoms with van der Waals surface area (Å²) in [6.45, 7) is 16.1. The second kappa shape index (κ2) is 5.67. The average molecular weight is 347 g/mol. The summed E-state index contributed by atoms with van der Waals surface area (Å²) in [5, 5.41) is 0.210. The Kier molecular flexibility index (Phi) is 4.28. The minimum Gasteiger partial charge on any atom is -0.413 e. The van der Waals surface area contributed by atoms with Gasteiger partial charge in [-0.15, -0.1) is 0 Å². The van der Waals surface area contributed by atoms with E-state index >= 15 is 0 Å². The number of rotatable bonds is 2. The Bertz CT molecular complexity index is 616. The fourth-order valence-electron chi connectivity index (χ4n) is 4.69. The molecule has 3 atom stereocenters. The van der Waals surface area contributed by atoms with Crippen molar-refractivity contribution >= 4 is 14.1 Å². The van der Waals surface area contributed by atoms with Crippen LogP contribution in [0.15, 0.2) is 22.8 Å². The van der Waals surface area contributed by atoms with E-state index < -0.39 is 8.32 Å². The molecule has 24 heavy (non-hydrogen) atoms. The van der Waals surface area contributed by atoms with Gasteiger partial charge in [-0.2, -0.15) is 0 Å². The van der Waals surface area contributed by atoms with Gasteiger partial charge >= 0.3 is 0 Å². The van der Waals surface area contributed by atoms with Gasteiger partial charge in [-0.25, -0.2) is 0 Å². The molecule has 3 heteroatoms. The summed E-state index contributed by atoms with van der Waals surface area (Å²) < 4.78 is 7.01. The van der Waals surface area contributed by atoms with Gasteiger partial charge in [0.2, 0.25) is 0 Å². The zero-order valence-corrected chi connectivity index (χ0v) is 17.6. The van der Waals surface area contributed by atoms with Crippen LogP contribution in [0.5, 0.6) is 0 Å². The molecule has 0 aromatic heterocycles.